The Bertz CT molecular complexity index is 3210. The number of allylic oxidation sites excluding steroid dienone is 2. The molecule has 2 aliphatic heterocycles. The second-order valence-corrected chi connectivity index (χ2v) is 14.0. The number of nitrogens with zero attached hydrogens (tertiary/aromatic N) is 3. The van der Waals surface area contributed by atoms with Crippen LogP contribution in [0.2, 0.25) is 0 Å². The lowest BCUT2D eigenvalue weighted by Gasteiger charge is -2.31. The number of para-hydroxylation sites is 3. The van der Waals surface area contributed by atoms with E-state index >= 15 is 0 Å². The number of aromatic nitrogens is 2. The number of rotatable bonds is 3. The molecule has 0 saturated heterocycles. The average molecular weight is 666 g/mol. The monoisotopic (exact) mass is 665 g/mol. The van der Waals surface area contributed by atoms with E-state index in [1.165, 1.54) is 76.2 Å². The summed E-state index contributed by atoms with van der Waals surface area (Å²) in [5, 5.41) is 17.9. The molecule has 52 heavy (non-hydrogen) atoms. The topological polar surface area (TPSA) is 45.8 Å². The summed E-state index contributed by atoms with van der Waals surface area (Å²) in [5.74, 6) is 1.06. The summed E-state index contributed by atoms with van der Waals surface area (Å²) in [6, 6.07) is 52.6. The fourth-order valence-electron chi connectivity index (χ4n) is 9.13. The van der Waals surface area contributed by atoms with E-state index in [9.17, 15) is 0 Å². The fraction of sp³-hybridized carbons (Fsp3) is 0.0426. The number of dihydropyridines is 1. The van der Waals surface area contributed by atoms with Crippen LogP contribution in [0.1, 0.15) is 5.56 Å². The summed E-state index contributed by atoms with van der Waals surface area (Å²) < 4.78 is 4.95. The minimum atomic E-state index is -0.0541. The van der Waals surface area contributed by atoms with Gasteiger partial charge in [-0.2, -0.15) is 0 Å². The van der Waals surface area contributed by atoms with Crippen molar-refractivity contribution in [1.82, 2.24) is 14.3 Å². The van der Waals surface area contributed by atoms with Gasteiger partial charge in [-0.3, -0.25) is 4.57 Å². The largest absolute Gasteiger partial charge is 0.371 e. The van der Waals surface area contributed by atoms with Crippen molar-refractivity contribution in [3.8, 4) is 0 Å². The Hall–Kier alpha value is -6.85. The Kier molecular flexibility index (Phi) is 5.55. The molecule has 0 spiro atoms. The minimum absolute atomic E-state index is 0.0541. The van der Waals surface area contributed by atoms with Crippen LogP contribution in [0.5, 0.6) is 0 Å². The first-order valence-corrected chi connectivity index (χ1v) is 18.0. The number of aliphatic imine (C=N–C) groups is 1. The summed E-state index contributed by atoms with van der Waals surface area (Å²) in [5.41, 5.74) is 11.6. The summed E-state index contributed by atoms with van der Waals surface area (Å²) in [7, 11) is 0. The molecule has 3 aromatic heterocycles. The first-order valence-electron chi connectivity index (χ1n) is 18.0. The fourth-order valence-corrected chi connectivity index (χ4v) is 9.13. The molecular weight excluding hydrogens is 635 g/mol. The normalized spacial score (nSPS) is 16.1. The van der Waals surface area contributed by atoms with Gasteiger partial charge in [-0.15, -0.1) is 0 Å². The molecule has 244 valence electrons. The molecule has 0 radical (unpaired) electrons. The highest BCUT2D eigenvalue weighted by Gasteiger charge is 2.29. The van der Waals surface area contributed by atoms with Gasteiger partial charge in [-0.25, -0.2) is 4.99 Å². The summed E-state index contributed by atoms with van der Waals surface area (Å²) in [4.78, 5) is 5.18. The number of nitrogens with one attached hydrogen (secondary N) is 2. The van der Waals surface area contributed by atoms with Crippen LogP contribution in [-0.2, 0) is 0 Å². The molecule has 5 heteroatoms. The molecule has 5 heterocycles. The smallest absolute Gasteiger partial charge is 0.111 e. The maximum Gasteiger partial charge on any atom is 0.111 e. The number of hydrogen-bond donors (Lipinski definition) is 2. The van der Waals surface area contributed by atoms with E-state index in [0.29, 0.717) is 6.54 Å². The van der Waals surface area contributed by atoms with Crippen LogP contribution < -0.4 is 10.6 Å². The first kappa shape index (κ1) is 27.9. The second kappa shape index (κ2) is 10.3. The molecule has 0 bridgehead atoms. The standard InChI is InChI=1S/C47H31N5/c1-2-12-29(13-3-1)45-46(50-36-19-7-6-18-35(36)49-45)30-24-26-41(48-27-30)51-37-20-9-15-32-33-16-8-17-34-42-31-14-5-4-11-28(31)23-25-40(42)52(47(33)34)39-22-10-21-38(51)44(39)43(32)37/h1-26,46,48,50H,27H2. The molecule has 12 rings (SSSR count). The van der Waals surface area contributed by atoms with Crippen molar-refractivity contribution >= 4 is 93.6 Å². The van der Waals surface area contributed by atoms with Crippen molar-refractivity contribution in [3.63, 3.8) is 0 Å². The number of benzene rings is 7. The van der Waals surface area contributed by atoms with E-state index in [1.54, 1.807) is 0 Å². The molecule has 10 aromatic rings. The Morgan fingerprint density at radius 1 is 0.538 bits per heavy atom. The van der Waals surface area contributed by atoms with Gasteiger partial charge < -0.3 is 15.0 Å². The summed E-state index contributed by atoms with van der Waals surface area (Å²) in [6.07, 6.45) is 4.54. The van der Waals surface area contributed by atoms with Crippen LogP contribution in [0.4, 0.5) is 11.4 Å². The Morgan fingerprint density at radius 2 is 1.25 bits per heavy atom. The molecular formula is C47H31N5. The van der Waals surface area contributed by atoms with E-state index < -0.39 is 0 Å². The van der Waals surface area contributed by atoms with Crippen molar-refractivity contribution in [2.45, 2.75) is 6.04 Å². The van der Waals surface area contributed by atoms with Crippen LogP contribution in [0.15, 0.2) is 168 Å². The Balaban J connectivity index is 1.10. The van der Waals surface area contributed by atoms with Gasteiger partial charge in [0.15, 0.2) is 0 Å². The molecule has 7 aromatic carbocycles. The van der Waals surface area contributed by atoms with E-state index in [1.807, 2.05) is 6.07 Å². The van der Waals surface area contributed by atoms with Crippen molar-refractivity contribution in [2.75, 3.05) is 11.9 Å². The molecule has 0 fully saturated rings. The van der Waals surface area contributed by atoms with E-state index in [2.05, 4.69) is 171 Å². The SMILES string of the molecule is C1=C(C2Nc3ccccc3N=C2c2ccccc2)CNC(n2c3cccc4c5cccc6c7c8ccccc8ccc7n(c7cccc2c7c43)c56)=C1. The van der Waals surface area contributed by atoms with Gasteiger partial charge in [0.1, 0.15) is 5.82 Å². The molecule has 1 atom stereocenters. The van der Waals surface area contributed by atoms with Crippen molar-refractivity contribution in [1.29, 1.82) is 0 Å². The number of fused-ring (bicyclic) bond motifs is 8. The van der Waals surface area contributed by atoms with Crippen LogP contribution in [0, 0.1) is 0 Å². The maximum absolute atomic E-state index is 5.18. The van der Waals surface area contributed by atoms with Gasteiger partial charge in [0.25, 0.3) is 0 Å². The zero-order valence-corrected chi connectivity index (χ0v) is 28.1. The third-order valence-electron chi connectivity index (χ3n) is 11.3. The van der Waals surface area contributed by atoms with Gasteiger partial charge in [-0.05, 0) is 69.8 Å². The van der Waals surface area contributed by atoms with E-state index in [-0.39, 0.29) is 6.04 Å². The molecule has 2 N–H and O–H groups in total. The average Bonchev–Trinajstić information content (AvgIpc) is 3.70. The highest BCUT2D eigenvalue weighted by atomic mass is 15.2. The summed E-state index contributed by atoms with van der Waals surface area (Å²) in [6.45, 7) is 0.691. The molecule has 2 aliphatic rings. The lowest BCUT2D eigenvalue weighted by atomic mass is 9.93. The Morgan fingerprint density at radius 3 is 2.15 bits per heavy atom. The van der Waals surface area contributed by atoms with E-state index in [0.717, 1.165) is 28.5 Å². The maximum atomic E-state index is 5.18. The quantitative estimate of drug-likeness (QED) is 0.197. The number of anilines is 1. The molecule has 5 nitrogen and oxygen atoms in total. The number of hydrogen-bond acceptors (Lipinski definition) is 3. The predicted octanol–water partition coefficient (Wildman–Crippen LogP) is 11.0. The van der Waals surface area contributed by atoms with Crippen LogP contribution >= 0.6 is 0 Å². The molecule has 0 aliphatic carbocycles. The van der Waals surface area contributed by atoms with Crippen LogP contribution in [-0.4, -0.2) is 27.3 Å². The minimum Gasteiger partial charge on any atom is -0.371 e. The molecule has 1 unspecified atom stereocenters. The Labute approximate surface area is 298 Å². The highest BCUT2D eigenvalue weighted by molar-refractivity contribution is 6.33. The highest BCUT2D eigenvalue weighted by Crippen LogP contribution is 2.45. The lowest BCUT2D eigenvalue weighted by molar-refractivity contribution is 0.844. The predicted molar refractivity (Wildman–Crippen MR) is 218 cm³/mol. The first-order chi connectivity index (χ1) is 25.8. The lowest BCUT2D eigenvalue weighted by Crippen LogP contribution is -2.39. The zero-order valence-electron chi connectivity index (χ0n) is 28.1. The van der Waals surface area contributed by atoms with Gasteiger partial charge in [0.05, 0.1) is 50.7 Å². The third-order valence-corrected chi connectivity index (χ3v) is 11.3. The van der Waals surface area contributed by atoms with Crippen LogP contribution in [0.25, 0.3) is 76.5 Å². The third kappa shape index (κ3) is 3.69. The van der Waals surface area contributed by atoms with Crippen molar-refractivity contribution < 1.29 is 0 Å². The second-order valence-electron chi connectivity index (χ2n) is 14.0. The molecule has 0 amide bonds. The van der Waals surface area contributed by atoms with Gasteiger partial charge in [0, 0.05) is 33.5 Å². The van der Waals surface area contributed by atoms with Gasteiger partial charge in [-0.1, -0.05) is 115 Å². The summed E-state index contributed by atoms with van der Waals surface area (Å²) >= 11 is 0. The van der Waals surface area contributed by atoms with Crippen molar-refractivity contribution in [2.24, 2.45) is 4.99 Å². The zero-order chi connectivity index (χ0) is 33.9. The van der Waals surface area contributed by atoms with Gasteiger partial charge in [0.2, 0.25) is 0 Å². The van der Waals surface area contributed by atoms with E-state index in [4.69, 9.17) is 4.99 Å². The van der Waals surface area contributed by atoms with Gasteiger partial charge >= 0.3 is 0 Å². The van der Waals surface area contributed by atoms with Crippen molar-refractivity contribution in [3.05, 3.63) is 169 Å². The molecule has 0 saturated carbocycles. The van der Waals surface area contributed by atoms with Crippen LogP contribution in [0.3, 0.4) is 0 Å².